The number of amides is 2. The maximum absolute atomic E-state index is 12.6. The minimum Gasteiger partial charge on any atom is -0.350 e. The molecule has 0 radical (unpaired) electrons. The fourth-order valence-electron chi connectivity index (χ4n) is 2.97. The van der Waals surface area contributed by atoms with Gasteiger partial charge in [0.05, 0.1) is 6.04 Å². The van der Waals surface area contributed by atoms with E-state index in [-0.39, 0.29) is 17.9 Å². The Morgan fingerprint density at radius 3 is 2.50 bits per heavy atom. The molecule has 6 heteroatoms. The van der Waals surface area contributed by atoms with Crippen molar-refractivity contribution in [3.05, 3.63) is 51.7 Å². The van der Waals surface area contributed by atoms with Crippen LogP contribution < -0.4 is 10.6 Å². The van der Waals surface area contributed by atoms with E-state index in [0.717, 1.165) is 18.7 Å². The highest BCUT2D eigenvalue weighted by molar-refractivity contribution is 7.07. The van der Waals surface area contributed by atoms with Gasteiger partial charge < -0.3 is 10.6 Å². The fourth-order valence-corrected chi connectivity index (χ4v) is 3.67. The van der Waals surface area contributed by atoms with E-state index in [9.17, 15) is 9.59 Å². The Morgan fingerprint density at radius 2 is 1.92 bits per heavy atom. The molecule has 140 valence electrons. The summed E-state index contributed by atoms with van der Waals surface area (Å²) in [7, 11) is 0. The third-order valence-electron chi connectivity index (χ3n) is 4.45. The number of benzene rings is 1. The summed E-state index contributed by atoms with van der Waals surface area (Å²) in [6.45, 7) is 10.0. The first-order valence-corrected chi connectivity index (χ1v) is 9.83. The van der Waals surface area contributed by atoms with Crippen LogP contribution in [0.1, 0.15) is 48.3 Å². The molecule has 0 fully saturated rings. The zero-order valence-corrected chi connectivity index (χ0v) is 16.7. The molecule has 5 nitrogen and oxygen atoms in total. The highest BCUT2D eigenvalue weighted by atomic mass is 32.1. The number of nitrogens with one attached hydrogen (secondary N) is 2. The van der Waals surface area contributed by atoms with Crippen molar-refractivity contribution in [3.63, 3.8) is 0 Å². The molecule has 2 aromatic rings. The Balaban J connectivity index is 2.11. The Labute approximate surface area is 159 Å². The number of carbonyl (C=O) groups is 2. The van der Waals surface area contributed by atoms with Gasteiger partial charge in [-0.15, -0.1) is 0 Å². The molecule has 0 saturated heterocycles. The fraction of sp³-hybridized carbons (Fsp3) is 0.400. The second-order valence-corrected chi connectivity index (χ2v) is 6.99. The Kier molecular flexibility index (Phi) is 7.36. The predicted molar refractivity (Wildman–Crippen MR) is 108 cm³/mol. The number of nitrogens with zero attached hydrogens (tertiary/aromatic N) is 1. The lowest BCUT2D eigenvalue weighted by Crippen LogP contribution is -2.37. The third kappa shape index (κ3) is 5.16. The first-order chi connectivity index (χ1) is 12.5. The molecule has 0 aliphatic rings. The van der Waals surface area contributed by atoms with E-state index in [4.69, 9.17) is 0 Å². The van der Waals surface area contributed by atoms with Gasteiger partial charge in [0.15, 0.2) is 0 Å². The number of thiophene rings is 1. The van der Waals surface area contributed by atoms with Gasteiger partial charge in [-0.05, 0) is 60.1 Å². The lowest BCUT2D eigenvalue weighted by Gasteiger charge is -2.29. The summed E-state index contributed by atoms with van der Waals surface area (Å²) in [5.41, 5.74) is 3.36. The van der Waals surface area contributed by atoms with Gasteiger partial charge in [0.25, 0.3) is 5.91 Å². The van der Waals surface area contributed by atoms with Gasteiger partial charge in [-0.25, -0.2) is 0 Å². The van der Waals surface area contributed by atoms with Crippen LogP contribution in [0.3, 0.4) is 0 Å². The molecule has 1 atom stereocenters. The van der Waals surface area contributed by atoms with Crippen LogP contribution in [0.2, 0.25) is 0 Å². The summed E-state index contributed by atoms with van der Waals surface area (Å²) in [6.07, 6.45) is 0. The number of hydrogen-bond donors (Lipinski definition) is 2. The molecule has 2 rings (SSSR count). The maximum Gasteiger partial charge on any atom is 0.251 e. The van der Waals surface area contributed by atoms with E-state index in [1.54, 1.807) is 23.5 Å². The Morgan fingerprint density at radius 1 is 1.19 bits per heavy atom. The summed E-state index contributed by atoms with van der Waals surface area (Å²) in [6, 6.07) is 7.62. The van der Waals surface area contributed by atoms with Gasteiger partial charge in [0.1, 0.15) is 0 Å². The van der Waals surface area contributed by atoms with Crippen LogP contribution in [0.25, 0.3) is 0 Å². The van der Waals surface area contributed by atoms with E-state index >= 15 is 0 Å². The summed E-state index contributed by atoms with van der Waals surface area (Å²) >= 11 is 1.67. The second-order valence-electron chi connectivity index (χ2n) is 6.21. The molecule has 1 aromatic heterocycles. The number of rotatable bonds is 8. The van der Waals surface area contributed by atoms with Gasteiger partial charge in [-0.3, -0.25) is 14.5 Å². The zero-order chi connectivity index (χ0) is 19.1. The summed E-state index contributed by atoms with van der Waals surface area (Å²) in [5, 5.41) is 10.0. The van der Waals surface area contributed by atoms with E-state index in [1.165, 1.54) is 12.5 Å². The molecule has 0 spiro atoms. The van der Waals surface area contributed by atoms with E-state index < -0.39 is 0 Å². The smallest absolute Gasteiger partial charge is 0.251 e. The van der Waals surface area contributed by atoms with E-state index in [2.05, 4.69) is 46.2 Å². The number of aryl methyl sites for hydroxylation is 1. The summed E-state index contributed by atoms with van der Waals surface area (Å²) in [5.74, 6) is -0.284. The van der Waals surface area contributed by atoms with Crippen molar-refractivity contribution >= 4 is 28.8 Å². The molecule has 2 amide bonds. The quantitative estimate of drug-likeness (QED) is 0.739. The SMILES string of the molecule is CCN(CC)[C@@H](CNC(=O)c1ccc(C)c(NC(C)=O)c1)c1ccsc1. The number of anilines is 1. The van der Waals surface area contributed by atoms with Crippen LogP contribution in [0, 0.1) is 6.92 Å². The van der Waals surface area contributed by atoms with E-state index in [0.29, 0.717) is 17.8 Å². The lowest BCUT2D eigenvalue weighted by atomic mass is 10.1. The van der Waals surface area contributed by atoms with Gasteiger partial charge in [-0.2, -0.15) is 11.3 Å². The topological polar surface area (TPSA) is 61.4 Å². The molecule has 0 unspecified atom stereocenters. The summed E-state index contributed by atoms with van der Waals surface area (Å²) in [4.78, 5) is 26.3. The standard InChI is InChI=1S/C20H27N3O2S/c1-5-23(6-2)19(17-9-10-26-13-17)12-21-20(25)16-8-7-14(3)18(11-16)22-15(4)24/h7-11,13,19H,5-6,12H2,1-4H3,(H,21,25)(H,22,24)/t19-/m0/s1. The van der Waals surface area contributed by atoms with E-state index in [1.807, 2.05) is 13.0 Å². The van der Waals surface area contributed by atoms with Crippen molar-refractivity contribution in [3.8, 4) is 0 Å². The molecule has 0 aliphatic heterocycles. The second kappa shape index (κ2) is 9.50. The van der Waals surface area contributed by atoms with Crippen molar-refractivity contribution in [2.24, 2.45) is 0 Å². The lowest BCUT2D eigenvalue weighted by molar-refractivity contribution is -0.114. The Bertz CT molecular complexity index is 740. The first kappa shape index (κ1) is 20.1. The predicted octanol–water partition coefficient (Wildman–Crippen LogP) is 3.83. The molecule has 0 saturated carbocycles. The number of carbonyl (C=O) groups excluding carboxylic acids is 2. The number of hydrogen-bond acceptors (Lipinski definition) is 4. The Hall–Kier alpha value is -2.18. The molecule has 1 aromatic carbocycles. The molecule has 0 aliphatic carbocycles. The molecule has 0 bridgehead atoms. The van der Waals surface area contributed by atoms with Crippen LogP contribution in [0.5, 0.6) is 0 Å². The highest BCUT2D eigenvalue weighted by Gasteiger charge is 2.19. The van der Waals surface area contributed by atoms with Crippen LogP contribution in [-0.4, -0.2) is 36.3 Å². The van der Waals surface area contributed by atoms with Crippen LogP contribution >= 0.6 is 11.3 Å². The van der Waals surface area contributed by atoms with Crippen molar-refractivity contribution in [1.82, 2.24) is 10.2 Å². The largest absolute Gasteiger partial charge is 0.350 e. The molecule has 26 heavy (non-hydrogen) atoms. The highest BCUT2D eigenvalue weighted by Crippen LogP contribution is 2.23. The average Bonchev–Trinajstić information content (AvgIpc) is 3.14. The van der Waals surface area contributed by atoms with Crippen molar-refractivity contribution in [2.75, 3.05) is 25.0 Å². The maximum atomic E-state index is 12.6. The normalized spacial score (nSPS) is 12.0. The van der Waals surface area contributed by atoms with Gasteiger partial charge in [0, 0.05) is 24.7 Å². The van der Waals surface area contributed by atoms with Crippen molar-refractivity contribution in [1.29, 1.82) is 0 Å². The first-order valence-electron chi connectivity index (χ1n) is 8.88. The van der Waals surface area contributed by atoms with Crippen LogP contribution in [0.15, 0.2) is 35.0 Å². The van der Waals surface area contributed by atoms with Gasteiger partial charge >= 0.3 is 0 Å². The van der Waals surface area contributed by atoms with Crippen molar-refractivity contribution < 1.29 is 9.59 Å². The zero-order valence-electron chi connectivity index (χ0n) is 15.8. The third-order valence-corrected chi connectivity index (χ3v) is 5.15. The average molecular weight is 374 g/mol. The molecular formula is C20H27N3O2S. The minimum atomic E-state index is -0.148. The minimum absolute atomic E-state index is 0.135. The monoisotopic (exact) mass is 373 g/mol. The van der Waals surface area contributed by atoms with Gasteiger partial charge in [-0.1, -0.05) is 19.9 Å². The molecule has 2 N–H and O–H groups in total. The van der Waals surface area contributed by atoms with Crippen LogP contribution in [0.4, 0.5) is 5.69 Å². The van der Waals surface area contributed by atoms with Crippen LogP contribution in [-0.2, 0) is 4.79 Å². The molecule has 1 heterocycles. The number of likely N-dealkylation sites (N-methyl/N-ethyl adjacent to an activating group) is 1. The molecular weight excluding hydrogens is 346 g/mol. The van der Waals surface area contributed by atoms with Crippen molar-refractivity contribution in [2.45, 2.75) is 33.7 Å². The summed E-state index contributed by atoms with van der Waals surface area (Å²) < 4.78 is 0. The van der Waals surface area contributed by atoms with Gasteiger partial charge in [0.2, 0.25) is 5.91 Å².